The summed E-state index contributed by atoms with van der Waals surface area (Å²) in [5.74, 6) is -1.37. The zero-order valence-corrected chi connectivity index (χ0v) is 16.3. The van der Waals surface area contributed by atoms with Gasteiger partial charge in [-0.3, -0.25) is 4.79 Å². The Bertz CT molecular complexity index is 1250. The summed E-state index contributed by atoms with van der Waals surface area (Å²) in [7, 11) is 0. The third-order valence-electron chi connectivity index (χ3n) is 4.55. The Morgan fingerprint density at radius 2 is 1.38 bits per heavy atom. The quantitative estimate of drug-likeness (QED) is 0.314. The van der Waals surface area contributed by atoms with E-state index in [2.05, 4.69) is 5.32 Å². The lowest BCUT2D eigenvalue weighted by Gasteiger charge is -2.09. The van der Waals surface area contributed by atoms with Crippen LogP contribution in [0.3, 0.4) is 0 Å². The van der Waals surface area contributed by atoms with Crippen LogP contribution in [0, 0.1) is 22.7 Å². The van der Waals surface area contributed by atoms with Crippen molar-refractivity contribution in [1.82, 2.24) is 0 Å². The van der Waals surface area contributed by atoms with Gasteiger partial charge in [-0.2, -0.15) is 23.7 Å². The van der Waals surface area contributed by atoms with Gasteiger partial charge in [-0.1, -0.05) is 24.3 Å². The van der Waals surface area contributed by atoms with Gasteiger partial charge in [-0.05, 0) is 59.7 Å². The molecule has 0 unspecified atom stereocenters. The van der Waals surface area contributed by atoms with Crippen LogP contribution in [0.4, 0.5) is 18.9 Å². The zero-order chi connectivity index (χ0) is 23.3. The summed E-state index contributed by atoms with van der Waals surface area (Å²) in [5.41, 5.74) is 0.821. The number of anilines is 1. The molecule has 3 aromatic carbocycles. The van der Waals surface area contributed by atoms with Crippen molar-refractivity contribution in [1.29, 1.82) is 10.5 Å². The van der Waals surface area contributed by atoms with E-state index in [9.17, 15) is 28.3 Å². The summed E-state index contributed by atoms with van der Waals surface area (Å²) in [4.78, 5) is 12.5. The van der Waals surface area contributed by atoms with Crippen molar-refractivity contribution < 1.29 is 23.1 Å². The number of amides is 1. The number of hydrogen-bond donors (Lipinski definition) is 2. The smallest absolute Gasteiger partial charge is 0.416 e. The third-order valence-corrected chi connectivity index (χ3v) is 4.55. The van der Waals surface area contributed by atoms with E-state index in [1.54, 1.807) is 18.2 Å². The summed E-state index contributed by atoms with van der Waals surface area (Å²) in [5, 5.41) is 30.9. The number of carbonyl (C=O) groups is 1. The first-order valence-electron chi connectivity index (χ1n) is 9.16. The topological polar surface area (TPSA) is 96.9 Å². The van der Waals surface area contributed by atoms with Gasteiger partial charge in [-0.15, -0.1) is 0 Å². The lowest BCUT2D eigenvalue weighted by atomic mass is 10.0. The molecule has 0 aliphatic carbocycles. The molecule has 0 aliphatic rings. The van der Waals surface area contributed by atoms with E-state index in [1.807, 2.05) is 6.07 Å². The maximum atomic E-state index is 12.7. The number of alkyl halides is 3. The Balaban J connectivity index is 1.77. The average Bonchev–Trinajstić information content (AvgIpc) is 2.79. The Hall–Kier alpha value is -4.56. The third kappa shape index (κ3) is 4.94. The van der Waals surface area contributed by atoms with Gasteiger partial charge >= 0.3 is 6.18 Å². The van der Waals surface area contributed by atoms with Crippen LogP contribution in [0.15, 0.2) is 78.4 Å². The van der Waals surface area contributed by atoms with Crippen LogP contribution < -0.4 is 5.32 Å². The van der Waals surface area contributed by atoms with Crippen LogP contribution in [-0.2, 0) is 11.0 Å². The summed E-state index contributed by atoms with van der Waals surface area (Å²) >= 11 is 0. The van der Waals surface area contributed by atoms with Gasteiger partial charge in [0.2, 0.25) is 0 Å². The molecule has 32 heavy (non-hydrogen) atoms. The predicted molar refractivity (Wildman–Crippen MR) is 112 cm³/mol. The molecule has 1 amide bonds. The van der Waals surface area contributed by atoms with E-state index in [4.69, 9.17) is 5.26 Å². The molecule has 3 rings (SSSR count). The largest absolute Gasteiger partial charge is 0.506 e. The molecule has 0 heterocycles. The van der Waals surface area contributed by atoms with E-state index >= 15 is 0 Å². The fourth-order valence-electron chi connectivity index (χ4n) is 2.85. The zero-order valence-electron chi connectivity index (χ0n) is 16.3. The van der Waals surface area contributed by atoms with Gasteiger partial charge in [0.1, 0.15) is 11.8 Å². The van der Waals surface area contributed by atoms with Crippen LogP contribution in [0.1, 0.15) is 16.7 Å². The number of benzene rings is 3. The van der Waals surface area contributed by atoms with Gasteiger partial charge in [-0.25, -0.2) is 0 Å². The Morgan fingerprint density at radius 3 is 1.84 bits per heavy atom. The van der Waals surface area contributed by atoms with E-state index in [1.165, 1.54) is 48.5 Å². The SMILES string of the molecule is N#C/C(C(=O)Nc1ccc(-c2ccc(C(F)(F)F)cc2)cc1)=C(/O)c1ccc(C#N)cc1. The molecule has 8 heteroatoms. The standard InChI is InChI=1S/C24H14F3N3O2/c25-24(26,27)19-9-5-16(6-10-19)17-7-11-20(12-8-17)30-23(32)21(14-29)22(31)18-3-1-15(13-28)2-4-18/h1-12,31H,(H,30,32)/b22-21-. The Labute approximate surface area is 181 Å². The predicted octanol–water partition coefficient (Wildman–Crippen LogP) is 5.68. The van der Waals surface area contributed by atoms with Crippen LogP contribution in [0.25, 0.3) is 16.9 Å². The fourth-order valence-corrected chi connectivity index (χ4v) is 2.85. The van der Waals surface area contributed by atoms with Crippen LogP contribution >= 0.6 is 0 Å². The second kappa shape index (κ2) is 9.07. The lowest BCUT2D eigenvalue weighted by Crippen LogP contribution is -2.15. The molecule has 0 saturated carbocycles. The minimum absolute atomic E-state index is 0.202. The molecule has 3 aromatic rings. The van der Waals surface area contributed by atoms with Gasteiger partial charge in [0, 0.05) is 11.3 Å². The molecule has 0 saturated heterocycles. The average molecular weight is 433 g/mol. The highest BCUT2D eigenvalue weighted by Gasteiger charge is 2.29. The maximum absolute atomic E-state index is 12.7. The number of nitrogens with one attached hydrogen (secondary N) is 1. The van der Waals surface area contributed by atoms with Crippen molar-refractivity contribution >= 4 is 17.4 Å². The van der Waals surface area contributed by atoms with Gasteiger partial charge in [0.05, 0.1) is 17.2 Å². The molecule has 0 spiro atoms. The van der Waals surface area contributed by atoms with E-state index in [0.717, 1.165) is 12.1 Å². The molecule has 0 bridgehead atoms. The van der Waals surface area contributed by atoms with Crippen molar-refractivity contribution in [3.05, 3.63) is 95.1 Å². The van der Waals surface area contributed by atoms with Crippen molar-refractivity contribution in [3.8, 4) is 23.3 Å². The van der Waals surface area contributed by atoms with E-state index in [-0.39, 0.29) is 5.56 Å². The van der Waals surface area contributed by atoms with Crippen molar-refractivity contribution in [3.63, 3.8) is 0 Å². The highest BCUT2D eigenvalue weighted by Crippen LogP contribution is 2.31. The number of nitrogens with zero attached hydrogens (tertiary/aromatic N) is 2. The lowest BCUT2D eigenvalue weighted by molar-refractivity contribution is -0.137. The Kier molecular flexibility index (Phi) is 6.27. The summed E-state index contributed by atoms with van der Waals surface area (Å²) < 4.78 is 38.1. The summed E-state index contributed by atoms with van der Waals surface area (Å²) in [6, 6.07) is 20.2. The summed E-state index contributed by atoms with van der Waals surface area (Å²) in [6.07, 6.45) is -4.41. The fraction of sp³-hybridized carbons (Fsp3) is 0.0417. The van der Waals surface area contributed by atoms with Crippen LogP contribution in [-0.4, -0.2) is 11.0 Å². The molecule has 0 fully saturated rings. The maximum Gasteiger partial charge on any atom is 0.416 e. The molecular formula is C24H14F3N3O2. The molecule has 158 valence electrons. The van der Waals surface area contributed by atoms with Gasteiger partial charge < -0.3 is 10.4 Å². The number of carbonyl (C=O) groups excluding carboxylic acids is 1. The molecule has 0 radical (unpaired) electrons. The highest BCUT2D eigenvalue weighted by molar-refractivity contribution is 6.11. The number of rotatable bonds is 4. The minimum atomic E-state index is -4.41. The van der Waals surface area contributed by atoms with E-state index in [0.29, 0.717) is 22.4 Å². The highest BCUT2D eigenvalue weighted by atomic mass is 19.4. The second-order valence-electron chi connectivity index (χ2n) is 6.63. The van der Waals surface area contributed by atoms with Crippen LogP contribution in [0.2, 0.25) is 0 Å². The van der Waals surface area contributed by atoms with Crippen molar-refractivity contribution in [2.75, 3.05) is 5.32 Å². The molecule has 5 nitrogen and oxygen atoms in total. The number of nitriles is 2. The number of aliphatic hydroxyl groups excluding tert-OH is 1. The number of aliphatic hydroxyl groups is 1. The number of halogens is 3. The van der Waals surface area contributed by atoms with Gasteiger partial charge in [0.15, 0.2) is 5.57 Å². The van der Waals surface area contributed by atoms with E-state index < -0.39 is 29.0 Å². The monoisotopic (exact) mass is 433 g/mol. The van der Waals surface area contributed by atoms with Gasteiger partial charge in [0.25, 0.3) is 5.91 Å². The first kappa shape index (κ1) is 22.1. The number of hydrogen-bond acceptors (Lipinski definition) is 4. The molecule has 0 atom stereocenters. The molecule has 0 aliphatic heterocycles. The molecular weight excluding hydrogens is 419 g/mol. The Morgan fingerprint density at radius 1 is 0.844 bits per heavy atom. The molecule has 2 N–H and O–H groups in total. The normalized spacial score (nSPS) is 11.7. The van der Waals surface area contributed by atoms with Crippen molar-refractivity contribution in [2.24, 2.45) is 0 Å². The van der Waals surface area contributed by atoms with Crippen molar-refractivity contribution in [2.45, 2.75) is 6.18 Å². The first-order valence-corrected chi connectivity index (χ1v) is 9.16. The summed E-state index contributed by atoms with van der Waals surface area (Å²) in [6.45, 7) is 0. The first-order chi connectivity index (χ1) is 15.2. The minimum Gasteiger partial charge on any atom is -0.506 e. The molecule has 0 aromatic heterocycles. The second-order valence-corrected chi connectivity index (χ2v) is 6.63. The van der Waals surface area contributed by atoms with Crippen LogP contribution in [0.5, 0.6) is 0 Å².